The Balaban J connectivity index is 1.88. The van der Waals surface area contributed by atoms with Crippen LogP contribution in [0.25, 0.3) is 22.4 Å². The van der Waals surface area contributed by atoms with Crippen LogP contribution >= 0.6 is 0 Å². The number of aliphatic hydroxyl groups excluding tert-OH is 1. The van der Waals surface area contributed by atoms with Crippen molar-refractivity contribution in [2.24, 2.45) is 0 Å². The summed E-state index contributed by atoms with van der Waals surface area (Å²) < 4.78 is 7.23. The fourth-order valence-corrected chi connectivity index (χ4v) is 2.69. The normalized spacial score (nSPS) is 15.4. The van der Waals surface area contributed by atoms with Gasteiger partial charge in [0.25, 0.3) is 0 Å². The number of nitrogens with one attached hydrogen (secondary N) is 1. The molecular weight excluding hydrogens is 298 g/mol. The predicted molar refractivity (Wildman–Crippen MR) is 83.0 cm³/mol. The molecule has 0 bridgehead atoms. The highest BCUT2D eigenvalue weighted by Crippen LogP contribution is 2.27. The summed E-state index contributed by atoms with van der Waals surface area (Å²) in [7, 11) is 0. The lowest BCUT2D eigenvalue weighted by Crippen LogP contribution is -2.37. The number of aliphatic hydroxyl groups is 1. The van der Waals surface area contributed by atoms with Crippen LogP contribution in [0.3, 0.4) is 0 Å². The molecule has 0 amide bonds. The van der Waals surface area contributed by atoms with Gasteiger partial charge < -0.3 is 19.3 Å². The third-order valence-corrected chi connectivity index (χ3v) is 3.86. The molecule has 0 aliphatic carbocycles. The van der Waals surface area contributed by atoms with Crippen LogP contribution < -0.4 is 4.90 Å². The van der Waals surface area contributed by atoms with Gasteiger partial charge in [-0.1, -0.05) is 0 Å². The topological polar surface area (TPSA) is 105 Å². The third-order valence-electron chi connectivity index (χ3n) is 3.86. The monoisotopic (exact) mass is 315 g/mol. The van der Waals surface area contributed by atoms with Gasteiger partial charge in [0.05, 0.1) is 32.3 Å². The van der Waals surface area contributed by atoms with Gasteiger partial charge in [0.1, 0.15) is 11.2 Å². The molecule has 1 aliphatic rings. The van der Waals surface area contributed by atoms with Gasteiger partial charge in [-0.2, -0.15) is 10.1 Å². The number of fused-ring (bicyclic) bond motifs is 1. The molecule has 0 atom stereocenters. The van der Waals surface area contributed by atoms with Gasteiger partial charge in [-0.3, -0.25) is 5.10 Å². The van der Waals surface area contributed by atoms with Crippen LogP contribution in [0.2, 0.25) is 0 Å². The Labute approximate surface area is 131 Å². The lowest BCUT2D eigenvalue weighted by atomic mass is 10.2. The first-order valence-electron chi connectivity index (χ1n) is 7.52. The molecule has 0 unspecified atom stereocenters. The maximum atomic E-state index is 9.23. The smallest absolute Gasteiger partial charge is 0.228 e. The first kappa shape index (κ1) is 14.1. The lowest BCUT2D eigenvalue weighted by Gasteiger charge is -2.27. The number of nitrogens with zero attached hydrogens (tertiary/aromatic N) is 6. The number of hydrogen-bond donors (Lipinski definition) is 2. The van der Waals surface area contributed by atoms with E-state index in [9.17, 15) is 5.11 Å². The van der Waals surface area contributed by atoms with Crippen molar-refractivity contribution in [3.63, 3.8) is 0 Å². The summed E-state index contributed by atoms with van der Waals surface area (Å²) in [5, 5.41) is 16.0. The lowest BCUT2D eigenvalue weighted by molar-refractivity contribution is 0.122. The number of anilines is 1. The summed E-state index contributed by atoms with van der Waals surface area (Å²) >= 11 is 0. The minimum atomic E-state index is 0.0311. The average Bonchev–Trinajstić information content (AvgIpc) is 3.25. The Morgan fingerprint density at radius 2 is 2.13 bits per heavy atom. The SMILES string of the molecule is OCCn1cnc2c(-c3cn[nH]c3)nc(N3CCOCC3)nc21. The quantitative estimate of drug-likeness (QED) is 0.700. The summed E-state index contributed by atoms with van der Waals surface area (Å²) in [5.74, 6) is 0.650. The Morgan fingerprint density at radius 1 is 1.26 bits per heavy atom. The summed E-state index contributed by atoms with van der Waals surface area (Å²) in [5.41, 5.74) is 3.02. The number of rotatable bonds is 4. The number of hydrogen-bond acceptors (Lipinski definition) is 7. The van der Waals surface area contributed by atoms with Gasteiger partial charge in [0, 0.05) is 31.4 Å². The van der Waals surface area contributed by atoms with E-state index in [1.165, 1.54) is 0 Å². The number of imidazole rings is 1. The van der Waals surface area contributed by atoms with Crippen LogP contribution in [0.5, 0.6) is 0 Å². The molecule has 3 aromatic heterocycles. The highest BCUT2D eigenvalue weighted by Gasteiger charge is 2.20. The zero-order valence-corrected chi connectivity index (χ0v) is 12.5. The Kier molecular flexibility index (Phi) is 3.64. The van der Waals surface area contributed by atoms with Crippen molar-refractivity contribution < 1.29 is 9.84 Å². The van der Waals surface area contributed by atoms with Crippen molar-refractivity contribution in [1.82, 2.24) is 29.7 Å². The molecule has 1 aliphatic heterocycles. The third kappa shape index (κ3) is 2.53. The van der Waals surface area contributed by atoms with Gasteiger partial charge in [0.15, 0.2) is 5.65 Å². The van der Waals surface area contributed by atoms with E-state index in [1.54, 1.807) is 18.7 Å². The van der Waals surface area contributed by atoms with Gasteiger partial charge in [0.2, 0.25) is 5.95 Å². The molecule has 23 heavy (non-hydrogen) atoms. The van der Waals surface area contributed by atoms with Gasteiger partial charge >= 0.3 is 0 Å². The van der Waals surface area contributed by atoms with Crippen molar-refractivity contribution in [2.75, 3.05) is 37.8 Å². The molecule has 1 fully saturated rings. The first-order valence-corrected chi connectivity index (χ1v) is 7.52. The Hall–Kier alpha value is -2.52. The standard InChI is InChI=1S/C14H17N7O2/c22-4-1-21-9-15-12-11(10-7-16-17-8-10)18-14(19-13(12)21)20-2-5-23-6-3-20/h7-9,22H,1-6H2,(H,16,17). The van der Waals surface area contributed by atoms with Crippen LogP contribution in [-0.4, -0.2) is 67.7 Å². The van der Waals surface area contributed by atoms with E-state index in [0.717, 1.165) is 24.3 Å². The molecule has 1 saturated heterocycles. The van der Waals surface area contributed by atoms with Crippen molar-refractivity contribution in [3.8, 4) is 11.3 Å². The van der Waals surface area contributed by atoms with E-state index >= 15 is 0 Å². The number of aromatic nitrogens is 6. The number of H-pyrrole nitrogens is 1. The first-order chi connectivity index (χ1) is 11.4. The Morgan fingerprint density at radius 3 is 2.87 bits per heavy atom. The van der Waals surface area contributed by atoms with Crippen molar-refractivity contribution in [1.29, 1.82) is 0 Å². The predicted octanol–water partition coefficient (Wildman–Crippen LogP) is 0.0453. The molecule has 0 radical (unpaired) electrons. The molecule has 2 N–H and O–H groups in total. The Bertz CT molecular complexity index is 793. The maximum absolute atomic E-state index is 9.23. The molecule has 4 rings (SSSR count). The molecule has 4 heterocycles. The average molecular weight is 315 g/mol. The van der Waals surface area contributed by atoms with E-state index < -0.39 is 0 Å². The minimum Gasteiger partial charge on any atom is -0.395 e. The van der Waals surface area contributed by atoms with Gasteiger partial charge in [-0.15, -0.1) is 0 Å². The zero-order valence-electron chi connectivity index (χ0n) is 12.5. The van der Waals surface area contributed by atoms with Crippen molar-refractivity contribution >= 4 is 17.1 Å². The number of morpholine rings is 1. The minimum absolute atomic E-state index is 0.0311. The molecule has 0 saturated carbocycles. The highest BCUT2D eigenvalue weighted by molar-refractivity contribution is 5.88. The second kappa shape index (κ2) is 5.94. The summed E-state index contributed by atoms with van der Waals surface area (Å²) in [6.45, 7) is 3.32. The van der Waals surface area contributed by atoms with Gasteiger partial charge in [-0.25, -0.2) is 9.97 Å². The summed E-state index contributed by atoms with van der Waals surface area (Å²) in [6, 6.07) is 0. The zero-order chi connectivity index (χ0) is 15.6. The second-order valence-corrected chi connectivity index (χ2v) is 5.29. The van der Waals surface area contributed by atoms with Crippen LogP contribution in [0.4, 0.5) is 5.95 Å². The largest absolute Gasteiger partial charge is 0.395 e. The molecule has 9 nitrogen and oxygen atoms in total. The molecule has 9 heteroatoms. The fourth-order valence-electron chi connectivity index (χ4n) is 2.69. The molecule has 0 spiro atoms. The van der Waals surface area contributed by atoms with E-state index in [1.807, 2.05) is 4.57 Å². The van der Waals surface area contributed by atoms with Crippen LogP contribution in [0, 0.1) is 0 Å². The van der Waals surface area contributed by atoms with E-state index in [-0.39, 0.29) is 6.61 Å². The number of ether oxygens (including phenoxy) is 1. The van der Waals surface area contributed by atoms with Crippen LogP contribution in [0.1, 0.15) is 0 Å². The highest BCUT2D eigenvalue weighted by atomic mass is 16.5. The van der Waals surface area contributed by atoms with E-state index in [0.29, 0.717) is 36.9 Å². The molecular formula is C14H17N7O2. The molecule has 120 valence electrons. The maximum Gasteiger partial charge on any atom is 0.228 e. The number of aromatic amines is 1. The second-order valence-electron chi connectivity index (χ2n) is 5.29. The molecule has 0 aromatic carbocycles. The van der Waals surface area contributed by atoms with Crippen molar-refractivity contribution in [3.05, 3.63) is 18.7 Å². The summed E-state index contributed by atoms with van der Waals surface area (Å²) in [6.07, 6.45) is 5.19. The van der Waals surface area contributed by atoms with Crippen molar-refractivity contribution in [2.45, 2.75) is 6.54 Å². The summed E-state index contributed by atoms with van der Waals surface area (Å²) in [4.78, 5) is 15.9. The van der Waals surface area contributed by atoms with E-state index in [4.69, 9.17) is 9.72 Å². The van der Waals surface area contributed by atoms with E-state index in [2.05, 4.69) is 25.1 Å². The van der Waals surface area contributed by atoms with Crippen LogP contribution in [-0.2, 0) is 11.3 Å². The van der Waals surface area contributed by atoms with Gasteiger partial charge in [-0.05, 0) is 0 Å². The van der Waals surface area contributed by atoms with Crippen LogP contribution in [0.15, 0.2) is 18.7 Å². The fraction of sp³-hybridized carbons (Fsp3) is 0.429. The molecule has 3 aromatic rings.